The Kier molecular flexibility index (Phi) is 6.58. The number of ether oxygens (including phenoxy) is 1. The van der Waals surface area contributed by atoms with E-state index >= 15 is 0 Å². The van der Waals surface area contributed by atoms with Gasteiger partial charge in [-0.05, 0) is 41.8 Å². The van der Waals surface area contributed by atoms with E-state index in [0.717, 1.165) is 5.56 Å². The Morgan fingerprint density at radius 1 is 1.16 bits per heavy atom. The number of carbonyl (C=O) groups is 1. The van der Waals surface area contributed by atoms with Crippen LogP contribution in [0.5, 0.6) is 0 Å². The van der Waals surface area contributed by atoms with Gasteiger partial charge < -0.3 is 21.9 Å². The molecule has 0 amide bonds. The molecule has 132 valence electrons. The smallest absolute Gasteiger partial charge is 0.323 e. The Labute approximate surface area is 154 Å². The third kappa shape index (κ3) is 6.22. The Bertz CT molecular complexity index is 774. The topological polar surface area (TPSA) is 130 Å². The second-order valence-corrected chi connectivity index (χ2v) is 6.02. The summed E-state index contributed by atoms with van der Waals surface area (Å²) < 4.78 is 5.19. The molecule has 1 heterocycles. The standard InChI is InChI=1S/C16H17Cl2N5O2/c17-13-6-10(7-14(18)23-13)8-25-15(24)12(19)5-9-2-1-3-11(4-9)22-16(20)21/h1-4,6-7,12H,5,8,19H2,(H4,20,21,22)/t12-/m0/s1. The lowest BCUT2D eigenvalue weighted by molar-refractivity contribution is -0.146. The van der Waals surface area contributed by atoms with Crippen LogP contribution in [0.3, 0.4) is 0 Å². The fourth-order valence-corrected chi connectivity index (χ4v) is 2.60. The van der Waals surface area contributed by atoms with Gasteiger partial charge in [-0.2, -0.15) is 0 Å². The molecule has 0 aliphatic carbocycles. The average molecular weight is 382 g/mol. The molecule has 0 unspecified atom stereocenters. The van der Waals surface area contributed by atoms with Crippen LogP contribution in [0.2, 0.25) is 10.3 Å². The minimum Gasteiger partial charge on any atom is -0.460 e. The molecule has 0 aliphatic heterocycles. The Morgan fingerprint density at radius 2 is 1.84 bits per heavy atom. The van der Waals surface area contributed by atoms with Crippen molar-refractivity contribution in [3.05, 3.63) is 57.8 Å². The predicted molar refractivity (Wildman–Crippen MR) is 97.6 cm³/mol. The summed E-state index contributed by atoms with van der Waals surface area (Å²) in [5.41, 5.74) is 18.6. The molecule has 2 aromatic rings. The number of esters is 1. The van der Waals surface area contributed by atoms with E-state index in [0.29, 0.717) is 11.3 Å². The lowest BCUT2D eigenvalue weighted by Crippen LogP contribution is -2.34. The highest BCUT2D eigenvalue weighted by Gasteiger charge is 2.16. The largest absolute Gasteiger partial charge is 0.460 e. The van der Waals surface area contributed by atoms with Crippen molar-refractivity contribution in [3.63, 3.8) is 0 Å². The first-order chi connectivity index (χ1) is 11.8. The average Bonchev–Trinajstić information content (AvgIpc) is 2.51. The first-order valence-electron chi connectivity index (χ1n) is 7.26. The van der Waals surface area contributed by atoms with Crippen LogP contribution in [0.25, 0.3) is 0 Å². The highest BCUT2D eigenvalue weighted by molar-refractivity contribution is 6.32. The first-order valence-corrected chi connectivity index (χ1v) is 8.02. The van der Waals surface area contributed by atoms with Crippen LogP contribution in [0.15, 0.2) is 41.4 Å². The molecule has 9 heteroatoms. The summed E-state index contributed by atoms with van der Waals surface area (Å²) in [6, 6.07) is 9.37. The van der Waals surface area contributed by atoms with E-state index < -0.39 is 12.0 Å². The minimum absolute atomic E-state index is 0.00251. The van der Waals surface area contributed by atoms with Crippen molar-refractivity contribution in [2.24, 2.45) is 22.2 Å². The summed E-state index contributed by atoms with van der Waals surface area (Å²) in [6.07, 6.45) is 0.282. The van der Waals surface area contributed by atoms with Crippen LogP contribution >= 0.6 is 23.2 Å². The van der Waals surface area contributed by atoms with Gasteiger partial charge in [0.05, 0.1) is 5.69 Å². The van der Waals surface area contributed by atoms with Gasteiger partial charge in [-0.25, -0.2) is 9.98 Å². The van der Waals surface area contributed by atoms with E-state index in [1.807, 2.05) is 6.07 Å². The Hall–Kier alpha value is -2.35. The van der Waals surface area contributed by atoms with E-state index in [2.05, 4.69) is 9.98 Å². The molecule has 25 heavy (non-hydrogen) atoms. The van der Waals surface area contributed by atoms with Gasteiger partial charge in [0, 0.05) is 0 Å². The highest BCUT2D eigenvalue weighted by Crippen LogP contribution is 2.17. The SMILES string of the molecule is NC(N)=Nc1cccc(C[C@H](N)C(=O)OCc2cc(Cl)nc(Cl)c2)c1. The number of halogens is 2. The van der Waals surface area contributed by atoms with Crippen molar-refractivity contribution in [2.45, 2.75) is 19.1 Å². The number of benzene rings is 1. The molecule has 0 bridgehead atoms. The fraction of sp³-hybridized carbons (Fsp3) is 0.188. The van der Waals surface area contributed by atoms with Crippen molar-refractivity contribution >= 4 is 40.8 Å². The zero-order valence-electron chi connectivity index (χ0n) is 13.2. The molecule has 1 atom stereocenters. The molecule has 6 N–H and O–H groups in total. The lowest BCUT2D eigenvalue weighted by Gasteiger charge is -2.12. The molecule has 0 spiro atoms. The molecular weight excluding hydrogens is 365 g/mol. The number of hydrogen-bond acceptors (Lipinski definition) is 5. The maximum absolute atomic E-state index is 12.1. The van der Waals surface area contributed by atoms with Gasteiger partial charge in [-0.3, -0.25) is 4.79 Å². The quantitative estimate of drug-likeness (QED) is 0.303. The summed E-state index contributed by atoms with van der Waals surface area (Å²) in [4.78, 5) is 19.8. The lowest BCUT2D eigenvalue weighted by atomic mass is 10.1. The van der Waals surface area contributed by atoms with Crippen LogP contribution < -0.4 is 17.2 Å². The third-order valence-corrected chi connectivity index (χ3v) is 3.52. The molecule has 2 rings (SSSR count). The van der Waals surface area contributed by atoms with Crippen molar-refractivity contribution in [1.82, 2.24) is 4.98 Å². The van der Waals surface area contributed by atoms with Gasteiger partial charge in [-0.1, -0.05) is 35.3 Å². The predicted octanol–water partition coefficient (Wildman–Crippen LogP) is 1.91. The summed E-state index contributed by atoms with van der Waals surface area (Å²) >= 11 is 11.6. The maximum atomic E-state index is 12.1. The molecule has 0 saturated heterocycles. The molecule has 0 saturated carbocycles. The first kappa shape index (κ1) is 19.0. The van der Waals surface area contributed by atoms with Crippen LogP contribution in [0.4, 0.5) is 5.69 Å². The zero-order valence-corrected chi connectivity index (χ0v) is 14.7. The number of guanidine groups is 1. The van der Waals surface area contributed by atoms with E-state index in [4.69, 9.17) is 45.1 Å². The number of nitrogens with two attached hydrogens (primary N) is 3. The van der Waals surface area contributed by atoms with E-state index in [1.165, 1.54) is 0 Å². The van der Waals surface area contributed by atoms with E-state index in [9.17, 15) is 4.79 Å². The summed E-state index contributed by atoms with van der Waals surface area (Å²) in [5.74, 6) is -0.591. The normalized spacial score (nSPS) is 11.6. The monoisotopic (exact) mass is 381 g/mol. The van der Waals surface area contributed by atoms with Crippen LogP contribution in [-0.4, -0.2) is 23.0 Å². The number of pyridine rings is 1. The molecule has 0 radical (unpaired) electrons. The van der Waals surface area contributed by atoms with Crippen molar-refractivity contribution < 1.29 is 9.53 Å². The molecule has 1 aromatic carbocycles. The van der Waals surface area contributed by atoms with Gasteiger partial charge in [-0.15, -0.1) is 0 Å². The van der Waals surface area contributed by atoms with Gasteiger partial charge in [0.2, 0.25) is 0 Å². The van der Waals surface area contributed by atoms with E-state index in [1.54, 1.807) is 30.3 Å². The van der Waals surface area contributed by atoms with Crippen LogP contribution in [-0.2, 0) is 22.6 Å². The van der Waals surface area contributed by atoms with Gasteiger partial charge >= 0.3 is 5.97 Å². The summed E-state index contributed by atoms with van der Waals surface area (Å²) in [6.45, 7) is 0.00251. The van der Waals surface area contributed by atoms with Crippen molar-refractivity contribution in [2.75, 3.05) is 0 Å². The zero-order chi connectivity index (χ0) is 18.4. The van der Waals surface area contributed by atoms with Crippen molar-refractivity contribution in [3.8, 4) is 0 Å². The summed E-state index contributed by atoms with van der Waals surface area (Å²) in [5, 5.41) is 0.443. The second-order valence-electron chi connectivity index (χ2n) is 5.25. The number of aliphatic imine (C=N–C) groups is 1. The van der Waals surface area contributed by atoms with Gasteiger partial charge in [0.25, 0.3) is 0 Å². The molecule has 7 nitrogen and oxygen atoms in total. The maximum Gasteiger partial charge on any atom is 0.323 e. The number of hydrogen-bond donors (Lipinski definition) is 3. The number of carbonyl (C=O) groups excluding carboxylic acids is 1. The Balaban J connectivity index is 1.95. The molecular formula is C16H17Cl2N5O2. The Morgan fingerprint density at radius 3 is 2.48 bits per heavy atom. The molecule has 0 fully saturated rings. The number of rotatable bonds is 6. The highest BCUT2D eigenvalue weighted by atomic mass is 35.5. The van der Waals surface area contributed by atoms with Crippen molar-refractivity contribution in [1.29, 1.82) is 0 Å². The fourth-order valence-electron chi connectivity index (χ4n) is 2.10. The third-order valence-electron chi connectivity index (χ3n) is 3.13. The van der Waals surface area contributed by atoms with Gasteiger partial charge in [0.15, 0.2) is 5.96 Å². The van der Waals surface area contributed by atoms with Gasteiger partial charge in [0.1, 0.15) is 23.0 Å². The minimum atomic E-state index is -0.831. The number of nitrogens with zero attached hydrogens (tertiary/aromatic N) is 2. The second kappa shape index (κ2) is 8.66. The van der Waals surface area contributed by atoms with Crippen LogP contribution in [0.1, 0.15) is 11.1 Å². The van der Waals surface area contributed by atoms with E-state index in [-0.39, 0.29) is 29.3 Å². The van der Waals surface area contributed by atoms with Crippen LogP contribution in [0, 0.1) is 0 Å². The molecule has 0 aliphatic rings. The molecule has 1 aromatic heterocycles. The number of aromatic nitrogens is 1. The summed E-state index contributed by atoms with van der Waals surface area (Å²) in [7, 11) is 0.